The van der Waals surface area contributed by atoms with E-state index in [4.69, 9.17) is 11.6 Å². The predicted octanol–water partition coefficient (Wildman–Crippen LogP) is 4.04. The van der Waals surface area contributed by atoms with E-state index in [0.717, 1.165) is 5.56 Å². The van der Waals surface area contributed by atoms with Crippen LogP contribution in [0, 0.1) is 12.7 Å². The molecule has 0 aliphatic carbocycles. The monoisotopic (exact) mass is 263 g/mol. The average molecular weight is 264 g/mol. The van der Waals surface area contributed by atoms with Crippen LogP contribution >= 0.6 is 11.6 Å². The Morgan fingerprint density at radius 2 is 1.83 bits per heavy atom. The van der Waals surface area contributed by atoms with Gasteiger partial charge in [-0.15, -0.1) is 0 Å². The Labute approximate surface area is 109 Å². The summed E-state index contributed by atoms with van der Waals surface area (Å²) in [5.74, 6) is -0.656. The number of anilines is 1. The largest absolute Gasteiger partial charge is 0.322 e. The summed E-state index contributed by atoms with van der Waals surface area (Å²) in [6.45, 7) is 1.88. The highest BCUT2D eigenvalue weighted by atomic mass is 35.5. The van der Waals surface area contributed by atoms with Crippen molar-refractivity contribution in [3.8, 4) is 0 Å². The molecule has 0 aliphatic heterocycles. The molecule has 0 aromatic heterocycles. The molecule has 0 aliphatic rings. The Morgan fingerprint density at radius 1 is 1.17 bits per heavy atom. The number of halogens is 2. The number of aryl methyl sites for hydroxylation is 1. The fraction of sp³-hybridized carbons (Fsp3) is 0.0714. The smallest absolute Gasteiger partial charge is 0.257 e. The van der Waals surface area contributed by atoms with Gasteiger partial charge in [0.1, 0.15) is 5.82 Å². The van der Waals surface area contributed by atoms with Gasteiger partial charge in [0.2, 0.25) is 0 Å². The van der Waals surface area contributed by atoms with E-state index in [9.17, 15) is 9.18 Å². The van der Waals surface area contributed by atoms with Gasteiger partial charge in [-0.25, -0.2) is 4.39 Å². The fourth-order valence-corrected chi connectivity index (χ4v) is 1.75. The van der Waals surface area contributed by atoms with Gasteiger partial charge in [-0.2, -0.15) is 0 Å². The number of benzene rings is 2. The van der Waals surface area contributed by atoms with E-state index in [2.05, 4.69) is 5.32 Å². The number of rotatable bonds is 2. The molecule has 0 radical (unpaired) electrons. The van der Waals surface area contributed by atoms with Gasteiger partial charge < -0.3 is 5.32 Å². The van der Waals surface area contributed by atoms with Crippen molar-refractivity contribution in [3.63, 3.8) is 0 Å². The normalized spacial score (nSPS) is 10.2. The van der Waals surface area contributed by atoms with Gasteiger partial charge in [0, 0.05) is 5.69 Å². The van der Waals surface area contributed by atoms with E-state index in [1.165, 1.54) is 24.3 Å². The lowest BCUT2D eigenvalue weighted by atomic mass is 10.1. The zero-order valence-corrected chi connectivity index (χ0v) is 10.5. The number of hydrogen-bond acceptors (Lipinski definition) is 1. The van der Waals surface area contributed by atoms with Crippen molar-refractivity contribution in [3.05, 3.63) is 64.4 Å². The van der Waals surface area contributed by atoms with E-state index in [-0.39, 0.29) is 11.7 Å². The third-order valence-corrected chi connectivity index (χ3v) is 2.80. The van der Waals surface area contributed by atoms with Gasteiger partial charge in [0.15, 0.2) is 0 Å². The highest BCUT2D eigenvalue weighted by Crippen LogP contribution is 2.19. The third-order valence-electron chi connectivity index (χ3n) is 2.47. The first-order valence-electron chi connectivity index (χ1n) is 5.39. The quantitative estimate of drug-likeness (QED) is 0.870. The molecule has 1 N–H and O–H groups in total. The van der Waals surface area contributed by atoms with E-state index in [1.54, 1.807) is 12.1 Å². The van der Waals surface area contributed by atoms with Crippen LogP contribution in [0.1, 0.15) is 15.9 Å². The average Bonchev–Trinajstić information content (AvgIpc) is 2.35. The number of hydrogen-bond donors (Lipinski definition) is 1. The van der Waals surface area contributed by atoms with Crippen LogP contribution in [0.4, 0.5) is 10.1 Å². The summed E-state index contributed by atoms with van der Waals surface area (Å²) in [4.78, 5) is 12.0. The van der Waals surface area contributed by atoms with Crippen LogP contribution in [-0.2, 0) is 0 Å². The molecule has 0 saturated heterocycles. The van der Waals surface area contributed by atoms with E-state index < -0.39 is 0 Å². The molecule has 0 bridgehead atoms. The molecule has 0 fully saturated rings. The Hall–Kier alpha value is -1.87. The molecular formula is C14H11ClFNO. The Morgan fingerprint density at radius 3 is 2.50 bits per heavy atom. The number of carbonyl (C=O) groups is 1. The Bertz CT molecular complexity index is 581. The lowest BCUT2D eigenvalue weighted by molar-refractivity contribution is 0.102. The zero-order valence-electron chi connectivity index (χ0n) is 9.71. The minimum absolute atomic E-state index is 0.310. The second-order valence-corrected chi connectivity index (χ2v) is 4.35. The van der Waals surface area contributed by atoms with Crippen molar-refractivity contribution in [2.45, 2.75) is 6.92 Å². The molecule has 4 heteroatoms. The second kappa shape index (κ2) is 5.19. The summed E-state index contributed by atoms with van der Waals surface area (Å²) in [5.41, 5.74) is 1.88. The summed E-state index contributed by atoms with van der Waals surface area (Å²) >= 11 is 5.96. The minimum Gasteiger partial charge on any atom is -0.322 e. The SMILES string of the molecule is Cc1ccc(Cl)c(C(=O)Nc2ccc(F)cc2)c1. The van der Waals surface area contributed by atoms with E-state index in [1.807, 2.05) is 13.0 Å². The summed E-state index contributed by atoms with van der Waals surface area (Å²) in [6, 6.07) is 10.8. The van der Waals surface area contributed by atoms with Gasteiger partial charge in [0.05, 0.1) is 10.6 Å². The van der Waals surface area contributed by atoms with E-state index in [0.29, 0.717) is 16.3 Å². The van der Waals surface area contributed by atoms with E-state index >= 15 is 0 Å². The van der Waals surface area contributed by atoms with Crippen molar-refractivity contribution in [1.29, 1.82) is 0 Å². The van der Waals surface area contributed by atoms with Gasteiger partial charge in [0.25, 0.3) is 5.91 Å². The molecule has 92 valence electrons. The molecule has 0 heterocycles. The van der Waals surface area contributed by atoms with Crippen LogP contribution in [-0.4, -0.2) is 5.91 Å². The highest BCUT2D eigenvalue weighted by Gasteiger charge is 2.10. The summed E-state index contributed by atoms with van der Waals surface area (Å²) in [7, 11) is 0. The Balaban J connectivity index is 2.21. The van der Waals surface area contributed by atoms with Crippen LogP contribution in [0.2, 0.25) is 5.02 Å². The maximum atomic E-state index is 12.7. The fourth-order valence-electron chi connectivity index (χ4n) is 1.54. The lowest BCUT2D eigenvalue weighted by Crippen LogP contribution is -2.12. The second-order valence-electron chi connectivity index (χ2n) is 3.94. The molecule has 0 saturated carbocycles. The van der Waals surface area contributed by atoms with Crippen molar-refractivity contribution in [2.75, 3.05) is 5.32 Å². The topological polar surface area (TPSA) is 29.1 Å². The molecule has 2 rings (SSSR count). The summed E-state index contributed by atoms with van der Waals surface area (Å²) in [5, 5.41) is 3.05. The molecule has 0 spiro atoms. The number of carbonyl (C=O) groups excluding carboxylic acids is 1. The first-order valence-corrected chi connectivity index (χ1v) is 5.77. The first kappa shape index (κ1) is 12.6. The van der Waals surface area contributed by atoms with Gasteiger partial charge >= 0.3 is 0 Å². The van der Waals surface area contributed by atoms with Gasteiger partial charge in [-0.1, -0.05) is 23.2 Å². The number of amides is 1. The molecule has 2 aromatic carbocycles. The zero-order chi connectivity index (χ0) is 13.1. The van der Waals surface area contributed by atoms with Crippen molar-refractivity contribution < 1.29 is 9.18 Å². The van der Waals surface area contributed by atoms with Crippen LogP contribution in [0.5, 0.6) is 0 Å². The predicted molar refractivity (Wildman–Crippen MR) is 70.5 cm³/mol. The molecule has 1 amide bonds. The lowest BCUT2D eigenvalue weighted by Gasteiger charge is -2.07. The van der Waals surface area contributed by atoms with Crippen LogP contribution in [0.25, 0.3) is 0 Å². The maximum absolute atomic E-state index is 12.7. The van der Waals surface area contributed by atoms with Crippen molar-refractivity contribution in [2.24, 2.45) is 0 Å². The molecular weight excluding hydrogens is 253 g/mol. The first-order chi connectivity index (χ1) is 8.56. The Kier molecular flexibility index (Phi) is 3.63. The van der Waals surface area contributed by atoms with Crippen LogP contribution in [0.15, 0.2) is 42.5 Å². The minimum atomic E-state index is -0.346. The maximum Gasteiger partial charge on any atom is 0.257 e. The van der Waals surface area contributed by atoms with Gasteiger partial charge in [-0.05, 0) is 43.3 Å². The molecule has 0 unspecified atom stereocenters. The van der Waals surface area contributed by atoms with Crippen LogP contribution in [0.3, 0.4) is 0 Å². The van der Waals surface area contributed by atoms with Gasteiger partial charge in [-0.3, -0.25) is 4.79 Å². The van der Waals surface area contributed by atoms with Crippen LogP contribution < -0.4 is 5.32 Å². The molecule has 2 aromatic rings. The molecule has 18 heavy (non-hydrogen) atoms. The van der Waals surface area contributed by atoms with Crippen molar-refractivity contribution in [1.82, 2.24) is 0 Å². The molecule has 2 nitrogen and oxygen atoms in total. The molecule has 0 atom stereocenters. The van der Waals surface area contributed by atoms with Crippen molar-refractivity contribution >= 4 is 23.2 Å². The highest BCUT2D eigenvalue weighted by molar-refractivity contribution is 6.34. The summed E-state index contributed by atoms with van der Waals surface area (Å²) < 4.78 is 12.7. The number of nitrogens with one attached hydrogen (secondary N) is 1. The standard InChI is InChI=1S/C14H11ClFNO/c1-9-2-7-13(15)12(8-9)14(18)17-11-5-3-10(16)4-6-11/h2-8H,1H3,(H,17,18). The third kappa shape index (κ3) is 2.87. The summed E-state index contributed by atoms with van der Waals surface area (Å²) in [6.07, 6.45) is 0.